The number of anilines is 1. The average Bonchev–Trinajstić information content (AvgIpc) is 2.68. The second-order valence-electron chi connectivity index (χ2n) is 8.45. The van der Waals surface area contributed by atoms with Crippen molar-refractivity contribution < 1.29 is 4.79 Å². The van der Waals surface area contributed by atoms with Crippen LogP contribution in [0, 0.1) is 18.8 Å². The normalized spacial score (nSPS) is 19.1. The lowest BCUT2D eigenvalue weighted by Gasteiger charge is -2.36. The summed E-state index contributed by atoms with van der Waals surface area (Å²) in [5, 5.41) is 0. The molecule has 0 aromatic carbocycles. The van der Waals surface area contributed by atoms with Gasteiger partial charge < -0.3 is 9.80 Å². The molecular formula is C22H36N4O. The summed E-state index contributed by atoms with van der Waals surface area (Å²) in [6, 6.07) is 0. The predicted molar refractivity (Wildman–Crippen MR) is 110 cm³/mol. The van der Waals surface area contributed by atoms with Gasteiger partial charge in [0, 0.05) is 37.5 Å². The summed E-state index contributed by atoms with van der Waals surface area (Å²) >= 11 is 0. The Kier molecular flexibility index (Phi) is 6.72. The van der Waals surface area contributed by atoms with Gasteiger partial charge >= 0.3 is 0 Å². The number of carbonyl (C=O) groups is 1. The molecule has 3 rings (SSSR count). The fraction of sp³-hybridized carbons (Fsp3) is 0.773. The van der Waals surface area contributed by atoms with E-state index < -0.39 is 0 Å². The van der Waals surface area contributed by atoms with Crippen molar-refractivity contribution in [2.45, 2.75) is 79.2 Å². The van der Waals surface area contributed by atoms with Crippen LogP contribution >= 0.6 is 0 Å². The van der Waals surface area contributed by atoms with Crippen LogP contribution in [0.5, 0.6) is 0 Å². The van der Waals surface area contributed by atoms with Crippen LogP contribution in [0.2, 0.25) is 0 Å². The van der Waals surface area contributed by atoms with Crippen molar-refractivity contribution in [1.29, 1.82) is 0 Å². The molecular weight excluding hydrogens is 336 g/mol. The monoisotopic (exact) mass is 372 g/mol. The molecule has 0 saturated carbocycles. The van der Waals surface area contributed by atoms with E-state index >= 15 is 0 Å². The number of hydrogen-bond donors (Lipinski definition) is 0. The van der Waals surface area contributed by atoms with Crippen molar-refractivity contribution in [2.75, 3.05) is 24.5 Å². The Hall–Kier alpha value is -1.65. The van der Waals surface area contributed by atoms with Crippen molar-refractivity contribution in [3.63, 3.8) is 0 Å². The summed E-state index contributed by atoms with van der Waals surface area (Å²) < 4.78 is 0. The quantitative estimate of drug-likeness (QED) is 0.753. The third-order valence-electron chi connectivity index (χ3n) is 6.29. The minimum atomic E-state index is 0.164. The van der Waals surface area contributed by atoms with E-state index in [1.54, 1.807) is 0 Å². The van der Waals surface area contributed by atoms with Gasteiger partial charge in [-0.15, -0.1) is 0 Å². The van der Waals surface area contributed by atoms with E-state index in [2.05, 4.69) is 30.6 Å². The third-order valence-corrected chi connectivity index (χ3v) is 6.29. The Balaban J connectivity index is 1.80. The zero-order valence-corrected chi connectivity index (χ0v) is 17.6. The first-order valence-electron chi connectivity index (χ1n) is 10.9. The van der Waals surface area contributed by atoms with E-state index in [4.69, 9.17) is 9.97 Å². The van der Waals surface area contributed by atoms with E-state index in [9.17, 15) is 4.79 Å². The van der Waals surface area contributed by atoms with Crippen LogP contribution in [0.4, 0.5) is 5.82 Å². The summed E-state index contributed by atoms with van der Waals surface area (Å²) in [6.07, 6.45) is 7.52. The van der Waals surface area contributed by atoms with Crippen molar-refractivity contribution in [1.82, 2.24) is 14.9 Å². The number of unbranched alkanes of at least 4 members (excludes halogenated alkanes) is 1. The summed E-state index contributed by atoms with van der Waals surface area (Å²) in [5.41, 5.74) is 2.35. The maximum absolute atomic E-state index is 13.1. The number of aromatic nitrogens is 2. The summed E-state index contributed by atoms with van der Waals surface area (Å²) in [7, 11) is 0. The molecule has 0 radical (unpaired) electrons. The van der Waals surface area contributed by atoms with Crippen molar-refractivity contribution in [2.24, 2.45) is 11.8 Å². The van der Waals surface area contributed by atoms with E-state index in [0.717, 1.165) is 75.0 Å². The molecule has 1 fully saturated rings. The second kappa shape index (κ2) is 9.03. The first-order valence-corrected chi connectivity index (χ1v) is 10.9. The van der Waals surface area contributed by atoms with Gasteiger partial charge in [-0.2, -0.15) is 0 Å². The highest BCUT2D eigenvalue weighted by atomic mass is 16.2. The molecule has 150 valence electrons. The van der Waals surface area contributed by atoms with Crippen molar-refractivity contribution in [3.8, 4) is 0 Å². The molecule has 2 aliphatic heterocycles. The van der Waals surface area contributed by atoms with Gasteiger partial charge in [0.05, 0.1) is 12.2 Å². The lowest BCUT2D eigenvalue weighted by atomic mass is 9.95. The summed E-state index contributed by atoms with van der Waals surface area (Å²) in [6.45, 7) is 12.3. The molecule has 0 spiro atoms. The fourth-order valence-electron chi connectivity index (χ4n) is 4.40. The third kappa shape index (κ3) is 4.61. The lowest BCUT2D eigenvalue weighted by molar-refractivity contribution is -0.136. The van der Waals surface area contributed by atoms with Crippen LogP contribution in [-0.2, 0) is 17.8 Å². The number of amides is 1. The second-order valence-corrected chi connectivity index (χ2v) is 8.45. The molecule has 27 heavy (non-hydrogen) atoms. The van der Waals surface area contributed by atoms with Gasteiger partial charge in [0.2, 0.25) is 5.91 Å². The first kappa shape index (κ1) is 20.1. The number of fused-ring (bicyclic) bond motifs is 1. The standard InChI is InChI=1S/C22H36N4O/c1-5-7-8-18(6-2)22(27)26-14-11-20-19(15-26)21(24-17(4)23-20)25-12-9-16(3)10-13-25/h16,18H,5-15H2,1-4H3/t18-/m0/s1. The van der Waals surface area contributed by atoms with Gasteiger partial charge in [0.1, 0.15) is 11.6 Å². The van der Waals surface area contributed by atoms with Gasteiger partial charge in [-0.05, 0) is 38.5 Å². The van der Waals surface area contributed by atoms with Crippen LogP contribution in [0.3, 0.4) is 0 Å². The van der Waals surface area contributed by atoms with Gasteiger partial charge in [0.25, 0.3) is 0 Å². The molecule has 0 bridgehead atoms. The Morgan fingerprint density at radius 3 is 2.59 bits per heavy atom. The Labute approximate surface area is 164 Å². The van der Waals surface area contributed by atoms with Crippen molar-refractivity contribution in [3.05, 3.63) is 17.1 Å². The molecule has 5 nitrogen and oxygen atoms in total. The van der Waals surface area contributed by atoms with Crippen LogP contribution in [-0.4, -0.2) is 40.4 Å². The van der Waals surface area contributed by atoms with E-state index in [0.29, 0.717) is 12.5 Å². The van der Waals surface area contributed by atoms with Crippen LogP contribution in [0.1, 0.15) is 76.4 Å². The average molecular weight is 373 g/mol. The van der Waals surface area contributed by atoms with Crippen LogP contribution in [0.25, 0.3) is 0 Å². The summed E-state index contributed by atoms with van der Waals surface area (Å²) in [4.78, 5) is 27.1. The number of rotatable bonds is 6. The molecule has 3 heterocycles. The first-order chi connectivity index (χ1) is 13.0. The van der Waals surface area contributed by atoms with Gasteiger partial charge in [-0.1, -0.05) is 33.6 Å². The van der Waals surface area contributed by atoms with Gasteiger partial charge in [-0.25, -0.2) is 9.97 Å². The molecule has 5 heteroatoms. The van der Waals surface area contributed by atoms with E-state index in [1.165, 1.54) is 18.4 Å². The zero-order chi connectivity index (χ0) is 19.4. The smallest absolute Gasteiger partial charge is 0.225 e. The number of hydrogen-bond acceptors (Lipinski definition) is 4. The maximum Gasteiger partial charge on any atom is 0.225 e. The number of piperidine rings is 1. The van der Waals surface area contributed by atoms with Crippen LogP contribution < -0.4 is 4.90 Å². The molecule has 1 aromatic rings. The highest BCUT2D eigenvalue weighted by molar-refractivity contribution is 5.79. The minimum Gasteiger partial charge on any atom is -0.356 e. The molecule has 1 saturated heterocycles. The SMILES string of the molecule is CCCC[C@H](CC)C(=O)N1CCc2nc(C)nc(N3CCC(C)CC3)c2C1. The lowest BCUT2D eigenvalue weighted by Crippen LogP contribution is -2.42. The molecule has 0 unspecified atom stereocenters. The Morgan fingerprint density at radius 1 is 1.19 bits per heavy atom. The Bertz CT molecular complexity index is 652. The predicted octanol–water partition coefficient (Wildman–Crippen LogP) is 4.12. The minimum absolute atomic E-state index is 0.164. The number of nitrogens with zero attached hydrogens (tertiary/aromatic N) is 4. The topological polar surface area (TPSA) is 49.3 Å². The summed E-state index contributed by atoms with van der Waals surface area (Å²) in [5.74, 6) is 3.23. The molecule has 1 amide bonds. The number of carbonyl (C=O) groups excluding carboxylic acids is 1. The largest absolute Gasteiger partial charge is 0.356 e. The van der Waals surface area contributed by atoms with E-state index in [-0.39, 0.29) is 5.92 Å². The highest BCUT2D eigenvalue weighted by Crippen LogP contribution is 2.31. The molecule has 0 aliphatic carbocycles. The molecule has 1 atom stereocenters. The molecule has 2 aliphatic rings. The maximum atomic E-state index is 13.1. The Morgan fingerprint density at radius 2 is 1.93 bits per heavy atom. The van der Waals surface area contributed by atoms with Gasteiger partial charge in [0.15, 0.2) is 0 Å². The molecule has 0 N–H and O–H groups in total. The zero-order valence-electron chi connectivity index (χ0n) is 17.6. The highest BCUT2D eigenvalue weighted by Gasteiger charge is 2.30. The number of aryl methyl sites for hydroxylation is 1. The van der Waals surface area contributed by atoms with Gasteiger partial charge in [-0.3, -0.25) is 4.79 Å². The van der Waals surface area contributed by atoms with E-state index in [1.807, 2.05) is 6.92 Å². The van der Waals surface area contributed by atoms with Crippen LogP contribution in [0.15, 0.2) is 0 Å². The van der Waals surface area contributed by atoms with Crippen molar-refractivity contribution >= 4 is 11.7 Å². The molecule has 1 aromatic heterocycles. The fourth-order valence-corrected chi connectivity index (χ4v) is 4.40.